The van der Waals surface area contributed by atoms with E-state index in [1.54, 1.807) is 0 Å². The Hall–Kier alpha value is -1.19. The van der Waals surface area contributed by atoms with Gasteiger partial charge in [-0.25, -0.2) is 13.6 Å². The zero-order valence-electron chi connectivity index (χ0n) is 9.68. The van der Waals surface area contributed by atoms with Crippen molar-refractivity contribution in [3.63, 3.8) is 0 Å². The lowest BCUT2D eigenvalue weighted by molar-refractivity contribution is -0.131. The molecule has 1 aliphatic carbocycles. The fourth-order valence-electron chi connectivity index (χ4n) is 2.00. The van der Waals surface area contributed by atoms with E-state index in [9.17, 15) is 13.6 Å². The Morgan fingerprint density at radius 2 is 1.94 bits per heavy atom. The van der Waals surface area contributed by atoms with Crippen molar-refractivity contribution in [2.75, 3.05) is 0 Å². The highest BCUT2D eigenvalue weighted by Gasteiger charge is 2.42. The first-order valence-electron chi connectivity index (χ1n) is 5.17. The minimum atomic E-state index is -2.81. The van der Waals surface area contributed by atoms with Crippen LogP contribution >= 0.6 is 0 Å². The third-order valence-electron chi connectivity index (χ3n) is 3.14. The van der Waals surface area contributed by atoms with Crippen molar-refractivity contribution in [2.24, 2.45) is 5.41 Å². The molecule has 0 aromatic rings. The summed E-state index contributed by atoms with van der Waals surface area (Å²) in [6.07, 6.45) is 2.40. The maximum atomic E-state index is 13.5. The number of rotatable bonds is 2. The average Bonchev–Trinajstić information content (AvgIpc) is 2.12. The predicted molar refractivity (Wildman–Crippen MR) is 57.4 cm³/mol. The van der Waals surface area contributed by atoms with Crippen LogP contribution < -0.4 is 0 Å². The topological polar surface area (TPSA) is 37.3 Å². The summed E-state index contributed by atoms with van der Waals surface area (Å²) in [5.74, 6) is -3.93. The quantitative estimate of drug-likeness (QED) is 0.738. The number of carboxylic acids is 1. The molecule has 4 heteroatoms. The zero-order valence-corrected chi connectivity index (χ0v) is 9.68. The Morgan fingerprint density at radius 3 is 2.44 bits per heavy atom. The second-order valence-electron chi connectivity index (χ2n) is 4.80. The average molecular weight is 230 g/mol. The Kier molecular flexibility index (Phi) is 3.22. The normalized spacial score (nSPS) is 23.8. The summed E-state index contributed by atoms with van der Waals surface area (Å²) in [4.78, 5) is 10.4. The molecule has 0 fully saturated rings. The maximum Gasteiger partial charge on any atom is 0.328 e. The first kappa shape index (κ1) is 12.9. The van der Waals surface area contributed by atoms with E-state index in [-0.39, 0.29) is 12.0 Å². The molecule has 0 saturated heterocycles. The van der Waals surface area contributed by atoms with E-state index < -0.39 is 17.3 Å². The van der Waals surface area contributed by atoms with Gasteiger partial charge in [0.15, 0.2) is 0 Å². The van der Waals surface area contributed by atoms with Crippen LogP contribution in [0.15, 0.2) is 23.3 Å². The van der Waals surface area contributed by atoms with Gasteiger partial charge in [-0.3, -0.25) is 0 Å². The molecule has 1 rings (SSSR count). The SMILES string of the molecule is CC1=C(C=CC(=O)O)C(C)(C)CCC1(F)F. The highest BCUT2D eigenvalue weighted by atomic mass is 19.3. The molecule has 2 nitrogen and oxygen atoms in total. The van der Waals surface area contributed by atoms with Crippen molar-refractivity contribution in [3.05, 3.63) is 23.3 Å². The molecule has 0 aromatic heterocycles. The lowest BCUT2D eigenvalue weighted by atomic mass is 9.71. The highest BCUT2D eigenvalue weighted by Crippen LogP contribution is 2.47. The van der Waals surface area contributed by atoms with Gasteiger partial charge in [-0.15, -0.1) is 0 Å². The van der Waals surface area contributed by atoms with Crippen molar-refractivity contribution in [1.29, 1.82) is 0 Å². The Balaban J connectivity index is 3.20. The number of hydrogen-bond acceptors (Lipinski definition) is 1. The van der Waals surface area contributed by atoms with Gasteiger partial charge in [0.1, 0.15) is 0 Å². The molecule has 0 saturated carbocycles. The maximum absolute atomic E-state index is 13.5. The van der Waals surface area contributed by atoms with Gasteiger partial charge in [-0.1, -0.05) is 19.9 Å². The van der Waals surface area contributed by atoms with Crippen LogP contribution in [0.3, 0.4) is 0 Å². The second kappa shape index (κ2) is 4.00. The summed E-state index contributed by atoms with van der Waals surface area (Å²) in [5, 5.41) is 8.53. The molecule has 0 spiro atoms. The van der Waals surface area contributed by atoms with Crippen LogP contribution in [0.2, 0.25) is 0 Å². The van der Waals surface area contributed by atoms with Gasteiger partial charge in [0, 0.05) is 12.5 Å². The lowest BCUT2D eigenvalue weighted by Crippen LogP contribution is -2.31. The van der Waals surface area contributed by atoms with Crippen LogP contribution in [0.4, 0.5) is 8.78 Å². The van der Waals surface area contributed by atoms with Crippen LogP contribution in [0, 0.1) is 5.41 Å². The number of carbonyl (C=O) groups is 1. The molecule has 0 unspecified atom stereocenters. The molecule has 0 atom stereocenters. The van der Waals surface area contributed by atoms with Crippen LogP contribution in [0.1, 0.15) is 33.6 Å². The van der Waals surface area contributed by atoms with Gasteiger partial charge in [0.05, 0.1) is 0 Å². The minimum Gasteiger partial charge on any atom is -0.478 e. The van der Waals surface area contributed by atoms with Gasteiger partial charge in [0.25, 0.3) is 5.92 Å². The fourth-order valence-corrected chi connectivity index (χ4v) is 2.00. The minimum absolute atomic E-state index is 0.0127. The van der Waals surface area contributed by atoms with Crippen LogP contribution in [-0.4, -0.2) is 17.0 Å². The summed E-state index contributed by atoms with van der Waals surface area (Å²) in [5.41, 5.74) is 0.0324. The molecule has 0 bridgehead atoms. The van der Waals surface area contributed by atoms with Gasteiger partial charge in [-0.2, -0.15) is 0 Å². The van der Waals surface area contributed by atoms with Gasteiger partial charge >= 0.3 is 5.97 Å². The molecule has 90 valence electrons. The van der Waals surface area contributed by atoms with Crippen molar-refractivity contribution < 1.29 is 18.7 Å². The Labute approximate surface area is 93.7 Å². The fraction of sp³-hybridized carbons (Fsp3) is 0.583. The number of carboxylic acid groups (broad SMARTS) is 1. The summed E-state index contributed by atoms with van der Waals surface area (Å²) in [7, 11) is 0. The van der Waals surface area contributed by atoms with Crippen molar-refractivity contribution >= 4 is 5.97 Å². The van der Waals surface area contributed by atoms with Gasteiger partial charge in [-0.05, 0) is 29.9 Å². The largest absolute Gasteiger partial charge is 0.478 e. The lowest BCUT2D eigenvalue weighted by Gasteiger charge is -2.37. The zero-order chi connectivity index (χ0) is 12.6. The molecular weight excluding hydrogens is 214 g/mol. The first-order valence-corrected chi connectivity index (χ1v) is 5.17. The van der Waals surface area contributed by atoms with E-state index >= 15 is 0 Å². The summed E-state index contributed by atoms with van der Waals surface area (Å²) >= 11 is 0. The van der Waals surface area contributed by atoms with Crippen LogP contribution in [0.25, 0.3) is 0 Å². The second-order valence-corrected chi connectivity index (χ2v) is 4.80. The number of hydrogen-bond donors (Lipinski definition) is 1. The predicted octanol–water partition coefficient (Wildman–Crippen LogP) is 3.40. The molecular formula is C12H16F2O2. The van der Waals surface area contributed by atoms with E-state index in [0.717, 1.165) is 6.08 Å². The summed E-state index contributed by atoms with van der Waals surface area (Å²) < 4.78 is 27.0. The molecule has 0 aromatic carbocycles. The monoisotopic (exact) mass is 230 g/mol. The number of halogens is 2. The Bertz CT molecular complexity index is 365. The van der Waals surface area contributed by atoms with E-state index in [0.29, 0.717) is 12.0 Å². The number of allylic oxidation sites excluding steroid dienone is 3. The van der Waals surface area contributed by atoms with E-state index in [4.69, 9.17) is 5.11 Å². The van der Waals surface area contributed by atoms with E-state index in [2.05, 4.69) is 0 Å². The summed E-state index contributed by atoms with van der Waals surface area (Å²) in [6.45, 7) is 5.09. The molecule has 1 N–H and O–H groups in total. The Morgan fingerprint density at radius 1 is 1.38 bits per heavy atom. The summed E-state index contributed by atoms with van der Waals surface area (Å²) in [6, 6.07) is 0. The van der Waals surface area contributed by atoms with Crippen LogP contribution in [-0.2, 0) is 4.79 Å². The first-order chi connectivity index (χ1) is 7.17. The molecule has 0 aliphatic heterocycles. The van der Waals surface area contributed by atoms with Gasteiger partial charge in [0.2, 0.25) is 0 Å². The number of alkyl halides is 2. The van der Waals surface area contributed by atoms with E-state index in [1.807, 2.05) is 13.8 Å². The molecule has 0 amide bonds. The third kappa shape index (κ3) is 2.49. The molecule has 0 radical (unpaired) electrons. The standard InChI is InChI=1S/C12H16F2O2/c1-8-9(4-5-10(15)16)11(2,3)6-7-12(8,13)14/h4-5H,6-7H2,1-3H3,(H,15,16). The van der Waals surface area contributed by atoms with Gasteiger partial charge < -0.3 is 5.11 Å². The molecule has 0 heterocycles. The van der Waals surface area contributed by atoms with Crippen LogP contribution in [0.5, 0.6) is 0 Å². The van der Waals surface area contributed by atoms with Crippen molar-refractivity contribution in [3.8, 4) is 0 Å². The molecule has 16 heavy (non-hydrogen) atoms. The number of aliphatic carboxylic acids is 1. The highest BCUT2D eigenvalue weighted by molar-refractivity contribution is 5.80. The smallest absolute Gasteiger partial charge is 0.328 e. The van der Waals surface area contributed by atoms with Crippen molar-refractivity contribution in [2.45, 2.75) is 39.5 Å². The van der Waals surface area contributed by atoms with E-state index in [1.165, 1.54) is 13.0 Å². The van der Waals surface area contributed by atoms with Crippen molar-refractivity contribution in [1.82, 2.24) is 0 Å². The molecule has 1 aliphatic rings. The third-order valence-corrected chi connectivity index (χ3v) is 3.14.